The number of methoxy groups -OCH3 is 1. The molecule has 1 aliphatic heterocycles. The van der Waals surface area contributed by atoms with Gasteiger partial charge in [0.25, 0.3) is 17.5 Å². The van der Waals surface area contributed by atoms with Crippen molar-refractivity contribution in [1.29, 1.82) is 0 Å². The van der Waals surface area contributed by atoms with E-state index in [4.69, 9.17) is 9.84 Å². The number of aromatic nitrogens is 3. The fourth-order valence-corrected chi connectivity index (χ4v) is 6.51. The molecule has 2 amide bonds. The number of rotatable bonds is 11. The van der Waals surface area contributed by atoms with Crippen molar-refractivity contribution in [1.82, 2.24) is 25.1 Å². The number of carbonyl (C=O) groups is 2. The van der Waals surface area contributed by atoms with Gasteiger partial charge in [-0.05, 0) is 65.5 Å². The summed E-state index contributed by atoms with van der Waals surface area (Å²) in [4.78, 5) is 37.9. The number of thioether (sulfide) groups is 1. The van der Waals surface area contributed by atoms with E-state index in [9.17, 15) is 24.1 Å². The number of nitro groups is 1. The highest BCUT2D eigenvalue weighted by atomic mass is 32.2. The van der Waals surface area contributed by atoms with Crippen LogP contribution >= 0.6 is 23.1 Å². The first kappa shape index (κ1) is 31.6. The standard InChI is InChI=1S/C32H26FN7O5S2/c1-45-25-14-6-20(7-15-25)27-17-26(28-3-2-16-46-28)37-39(27)30(41)19-47-32-36-35-29(38(32)23-12-8-22(33)9-13-23)18-34-31(42)21-4-10-24(11-5-21)40(43)44/h2-16,27H,17-19H2,1H3,(H,34,42)/t27-/m1/s1. The van der Waals surface area contributed by atoms with E-state index >= 15 is 0 Å². The molecule has 2 aromatic heterocycles. The zero-order valence-electron chi connectivity index (χ0n) is 24.8. The Morgan fingerprint density at radius 2 is 1.81 bits per heavy atom. The Labute approximate surface area is 276 Å². The van der Waals surface area contributed by atoms with Crippen molar-refractivity contribution in [3.05, 3.63) is 128 Å². The zero-order chi connectivity index (χ0) is 32.9. The highest BCUT2D eigenvalue weighted by molar-refractivity contribution is 7.99. The van der Waals surface area contributed by atoms with Gasteiger partial charge in [0.15, 0.2) is 11.0 Å². The second-order valence-electron chi connectivity index (χ2n) is 10.2. The van der Waals surface area contributed by atoms with Crippen molar-refractivity contribution in [2.75, 3.05) is 12.9 Å². The number of hydrogen-bond donors (Lipinski definition) is 1. The van der Waals surface area contributed by atoms with Crippen LogP contribution in [0.1, 0.15) is 39.1 Å². The van der Waals surface area contributed by atoms with Gasteiger partial charge < -0.3 is 10.1 Å². The van der Waals surface area contributed by atoms with Crippen LogP contribution in [0, 0.1) is 15.9 Å². The maximum Gasteiger partial charge on any atom is 0.269 e. The predicted octanol–water partition coefficient (Wildman–Crippen LogP) is 5.78. The Hall–Kier alpha value is -5.41. The number of thiophene rings is 1. The first-order valence-electron chi connectivity index (χ1n) is 14.2. The van der Waals surface area contributed by atoms with Crippen LogP contribution in [-0.2, 0) is 11.3 Å². The molecule has 3 heterocycles. The summed E-state index contributed by atoms with van der Waals surface area (Å²) >= 11 is 2.70. The van der Waals surface area contributed by atoms with E-state index in [0.29, 0.717) is 28.8 Å². The Morgan fingerprint density at radius 3 is 2.47 bits per heavy atom. The van der Waals surface area contributed by atoms with Crippen molar-refractivity contribution >= 4 is 46.3 Å². The number of hydrazone groups is 1. The van der Waals surface area contributed by atoms with Crippen molar-refractivity contribution in [2.24, 2.45) is 5.10 Å². The number of carbonyl (C=O) groups excluding carboxylic acids is 2. The summed E-state index contributed by atoms with van der Waals surface area (Å²) in [6, 6.07) is 22.0. The van der Waals surface area contributed by atoms with E-state index in [1.807, 2.05) is 41.8 Å². The first-order chi connectivity index (χ1) is 22.8. The molecule has 1 atom stereocenters. The largest absolute Gasteiger partial charge is 0.497 e. The second kappa shape index (κ2) is 13.9. The molecule has 0 fully saturated rings. The SMILES string of the molecule is COc1ccc([C@H]2CC(c3cccs3)=NN2C(=O)CSc2nnc(CNC(=O)c3ccc([N+](=O)[O-])cc3)n2-c2ccc(F)cc2)cc1. The third-order valence-corrected chi connectivity index (χ3v) is 9.16. The van der Waals surface area contributed by atoms with Crippen LogP contribution in [0.25, 0.3) is 5.69 Å². The van der Waals surface area contributed by atoms with Crippen LogP contribution < -0.4 is 10.1 Å². The number of nitrogens with zero attached hydrogens (tertiary/aromatic N) is 6. The van der Waals surface area contributed by atoms with Gasteiger partial charge >= 0.3 is 0 Å². The van der Waals surface area contributed by atoms with Crippen molar-refractivity contribution in [3.8, 4) is 11.4 Å². The third-order valence-electron chi connectivity index (χ3n) is 7.33. The van der Waals surface area contributed by atoms with E-state index in [2.05, 4.69) is 15.5 Å². The smallest absolute Gasteiger partial charge is 0.269 e. The topological polar surface area (TPSA) is 145 Å². The van der Waals surface area contributed by atoms with Gasteiger partial charge in [0.1, 0.15) is 11.6 Å². The Morgan fingerprint density at radius 1 is 1.06 bits per heavy atom. The third kappa shape index (κ3) is 7.05. The molecule has 1 N–H and O–H groups in total. The van der Waals surface area contributed by atoms with Gasteiger partial charge in [-0.1, -0.05) is 30.0 Å². The number of non-ortho nitro benzene ring substituents is 1. The number of nitrogens with one attached hydrogen (secondary N) is 1. The van der Waals surface area contributed by atoms with E-state index in [0.717, 1.165) is 27.9 Å². The minimum absolute atomic E-state index is 0.0254. The number of ether oxygens (including phenoxy) is 1. The summed E-state index contributed by atoms with van der Waals surface area (Å²) in [5.41, 5.74) is 2.36. The van der Waals surface area contributed by atoms with Gasteiger partial charge in [-0.25, -0.2) is 9.40 Å². The normalized spacial score (nSPS) is 14.1. The molecule has 0 saturated heterocycles. The van der Waals surface area contributed by atoms with Crippen LogP contribution in [0.2, 0.25) is 0 Å². The minimum Gasteiger partial charge on any atom is -0.497 e. The van der Waals surface area contributed by atoms with Crippen LogP contribution in [0.4, 0.5) is 10.1 Å². The quantitative estimate of drug-likeness (QED) is 0.106. The van der Waals surface area contributed by atoms with Gasteiger partial charge in [0.2, 0.25) is 0 Å². The molecule has 0 aliphatic carbocycles. The molecule has 0 radical (unpaired) electrons. The lowest BCUT2D eigenvalue weighted by Gasteiger charge is -2.22. The molecule has 6 rings (SSSR count). The maximum absolute atomic E-state index is 13.8. The fraction of sp³-hybridized carbons (Fsp3) is 0.156. The summed E-state index contributed by atoms with van der Waals surface area (Å²) in [7, 11) is 1.60. The number of benzene rings is 3. The molecular weight excluding hydrogens is 646 g/mol. The summed E-state index contributed by atoms with van der Waals surface area (Å²) in [6.07, 6.45) is 0.549. The molecule has 3 aromatic carbocycles. The monoisotopic (exact) mass is 671 g/mol. The highest BCUT2D eigenvalue weighted by Gasteiger charge is 2.34. The minimum atomic E-state index is -0.547. The number of halogens is 1. The molecular formula is C32H26FN7O5S2. The van der Waals surface area contributed by atoms with Gasteiger partial charge in [-0.15, -0.1) is 21.5 Å². The van der Waals surface area contributed by atoms with Crippen molar-refractivity contribution in [2.45, 2.75) is 24.2 Å². The van der Waals surface area contributed by atoms with Gasteiger partial charge in [0, 0.05) is 29.8 Å². The lowest BCUT2D eigenvalue weighted by molar-refractivity contribution is -0.384. The average Bonchev–Trinajstić information content (AvgIpc) is 3.87. The van der Waals surface area contributed by atoms with Crippen LogP contribution in [-0.4, -0.2) is 55.1 Å². The highest BCUT2D eigenvalue weighted by Crippen LogP contribution is 2.35. The first-order valence-corrected chi connectivity index (χ1v) is 16.1. The van der Waals surface area contributed by atoms with Crippen molar-refractivity contribution in [3.63, 3.8) is 0 Å². The molecule has 12 nitrogen and oxygen atoms in total. The molecule has 47 heavy (non-hydrogen) atoms. The van der Waals surface area contributed by atoms with Crippen LogP contribution in [0.15, 0.2) is 101 Å². The number of nitro benzene ring substituents is 1. The van der Waals surface area contributed by atoms with Gasteiger partial charge in [-0.3, -0.25) is 24.3 Å². The Kier molecular flexibility index (Phi) is 9.35. The zero-order valence-corrected chi connectivity index (χ0v) is 26.4. The molecule has 0 saturated carbocycles. The summed E-state index contributed by atoms with van der Waals surface area (Å²) in [6.45, 7) is -0.0607. The Balaban J connectivity index is 1.22. The summed E-state index contributed by atoms with van der Waals surface area (Å²) in [5.74, 6) is -0.142. The van der Waals surface area contributed by atoms with E-state index < -0.39 is 16.6 Å². The van der Waals surface area contributed by atoms with E-state index in [1.54, 1.807) is 35.1 Å². The van der Waals surface area contributed by atoms with E-state index in [1.165, 1.54) is 41.4 Å². The molecule has 0 unspecified atom stereocenters. The lowest BCUT2D eigenvalue weighted by Crippen LogP contribution is -2.28. The van der Waals surface area contributed by atoms with Gasteiger partial charge in [-0.2, -0.15) is 5.10 Å². The van der Waals surface area contributed by atoms with Gasteiger partial charge in [0.05, 0.1) is 41.0 Å². The predicted molar refractivity (Wildman–Crippen MR) is 174 cm³/mol. The molecule has 0 bridgehead atoms. The van der Waals surface area contributed by atoms with Crippen LogP contribution in [0.5, 0.6) is 5.75 Å². The van der Waals surface area contributed by atoms with Crippen molar-refractivity contribution < 1.29 is 23.6 Å². The molecule has 0 spiro atoms. The summed E-state index contributed by atoms with van der Waals surface area (Å²) < 4.78 is 20.8. The summed E-state index contributed by atoms with van der Waals surface area (Å²) in [5, 5.41) is 30.8. The van der Waals surface area contributed by atoms with E-state index in [-0.39, 0.29) is 35.5 Å². The molecule has 5 aromatic rings. The molecule has 238 valence electrons. The molecule has 15 heteroatoms. The Bertz CT molecular complexity index is 1930. The molecule has 1 aliphatic rings. The fourth-order valence-electron chi connectivity index (χ4n) is 4.96. The number of hydrogen-bond acceptors (Lipinski definition) is 10. The average molecular weight is 672 g/mol. The van der Waals surface area contributed by atoms with Crippen LogP contribution in [0.3, 0.4) is 0 Å². The maximum atomic E-state index is 13.8. The number of amides is 2. The lowest BCUT2D eigenvalue weighted by atomic mass is 10.0. The second-order valence-corrected chi connectivity index (χ2v) is 12.1.